The fourth-order valence-corrected chi connectivity index (χ4v) is 1.86. The van der Waals surface area contributed by atoms with Crippen molar-refractivity contribution in [3.63, 3.8) is 0 Å². The first-order valence-electron chi connectivity index (χ1n) is 5.99. The van der Waals surface area contributed by atoms with Crippen molar-refractivity contribution in [2.45, 2.75) is 0 Å². The number of hydrogen-bond acceptors (Lipinski definition) is 3. The Morgan fingerprint density at radius 2 is 1.90 bits per heavy atom. The molecule has 0 radical (unpaired) electrons. The van der Waals surface area contributed by atoms with Crippen LogP contribution >= 0.6 is 0 Å². The first kappa shape index (κ1) is 12.2. The van der Waals surface area contributed by atoms with E-state index in [1.807, 2.05) is 0 Å². The molecule has 0 unspecified atom stereocenters. The van der Waals surface area contributed by atoms with Crippen LogP contribution in [0.1, 0.15) is 10.4 Å². The lowest BCUT2D eigenvalue weighted by atomic mass is 10.1. The van der Waals surface area contributed by atoms with Crippen LogP contribution in [-0.2, 0) is 0 Å². The lowest BCUT2D eigenvalue weighted by molar-refractivity contribution is 0.102. The van der Waals surface area contributed by atoms with Gasteiger partial charge in [-0.1, -0.05) is 0 Å². The van der Waals surface area contributed by atoms with Crippen molar-refractivity contribution in [1.82, 2.24) is 9.97 Å². The summed E-state index contributed by atoms with van der Waals surface area (Å²) < 4.78 is 13.1. The lowest BCUT2D eigenvalue weighted by Crippen LogP contribution is -2.12. The first-order chi connectivity index (χ1) is 9.72. The van der Waals surface area contributed by atoms with E-state index < -0.39 is 0 Å². The summed E-state index contributed by atoms with van der Waals surface area (Å²) in [6.07, 6.45) is 4.62. The van der Waals surface area contributed by atoms with Crippen LogP contribution < -0.4 is 5.32 Å². The molecule has 1 aromatic carbocycles. The average molecular weight is 267 g/mol. The Bertz CT molecular complexity index is 774. The lowest BCUT2D eigenvalue weighted by Gasteiger charge is -2.05. The second-order valence-corrected chi connectivity index (χ2v) is 4.25. The number of nitrogens with one attached hydrogen (secondary N) is 1. The maximum atomic E-state index is 13.1. The normalized spacial score (nSPS) is 10.4. The summed E-state index contributed by atoms with van der Waals surface area (Å²) in [6.45, 7) is 0. The van der Waals surface area contributed by atoms with Crippen molar-refractivity contribution >= 4 is 22.5 Å². The molecule has 0 saturated carbocycles. The van der Waals surface area contributed by atoms with E-state index in [0.717, 1.165) is 0 Å². The molecule has 2 heterocycles. The van der Waals surface area contributed by atoms with Gasteiger partial charge in [-0.25, -0.2) is 4.39 Å². The Hall–Kier alpha value is -2.82. The molecule has 98 valence electrons. The maximum absolute atomic E-state index is 13.1. The zero-order valence-corrected chi connectivity index (χ0v) is 10.4. The molecule has 0 atom stereocenters. The van der Waals surface area contributed by atoms with Crippen molar-refractivity contribution in [3.05, 3.63) is 66.4 Å². The number of halogens is 1. The largest absolute Gasteiger partial charge is 0.322 e. The van der Waals surface area contributed by atoms with Crippen molar-refractivity contribution in [2.75, 3.05) is 5.32 Å². The van der Waals surface area contributed by atoms with E-state index in [4.69, 9.17) is 0 Å². The summed E-state index contributed by atoms with van der Waals surface area (Å²) >= 11 is 0. The topological polar surface area (TPSA) is 54.9 Å². The molecule has 2 aromatic heterocycles. The summed E-state index contributed by atoms with van der Waals surface area (Å²) in [5.74, 6) is -0.617. The maximum Gasteiger partial charge on any atom is 0.257 e. The van der Waals surface area contributed by atoms with Gasteiger partial charge in [0.1, 0.15) is 5.82 Å². The third kappa shape index (κ3) is 2.47. The van der Waals surface area contributed by atoms with Gasteiger partial charge in [-0.3, -0.25) is 14.8 Å². The van der Waals surface area contributed by atoms with E-state index in [-0.39, 0.29) is 11.7 Å². The zero-order chi connectivity index (χ0) is 13.9. The van der Waals surface area contributed by atoms with Gasteiger partial charge in [0, 0.05) is 35.7 Å². The minimum Gasteiger partial charge on any atom is -0.322 e. The quantitative estimate of drug-likeness (QED) is 0.776. The van der Waals surface area contributed by atoms with Crippen molar-refractivity contribution in [2.24, 2.45) is 0 Å². The van der Waals surface area contributed by atoms with Crippen molar-refractivity contribution in [1.29, 1.82) is 0 Å². The number of benzene rings is 1. The third-order valence-electron chi connectivity index (χ3n) is 2.85. The van der Waals surface area contributed by atoms with Crippen LogP contribution in [0.25, 0.3) is 10.9 Å². The molecule has 0 saturated heterocycles. The highest BCUT2D eigenvalue weighted by molar-refractivity contribution is 6.05. The molecule has 0 bridgehead atoms. The molecule has 3 rings (SSSR count). The summed E-state index contributed by atoms with van der Waals surface area (Å²) in [5, 5.41) is 3.46. The Morgan fingerprint density at radius 1 is 1.10 bits per heavy atom. The smallest absolute Gasteiger partial charge is 0.257 e. The Balaban J connectivity index is 1.90. The molecule has 4 nitrogen and oxygen atoms in total. The van der Waals surface area contributed by atoms with E-state index in [9.17, 15) is 9.18 Å². The number of carbonyl (C=O) groups excluding carboxylic acids is 1. The van der Waals surface area contributed by atoms with Gasteiger partial charge in [0.25, 0.3) is 5.91 Å². The van der Waals surface area contributed by atoms with E-state index in [0.29, 0.717) is 22.2 Å². The first-order valence-corrected chi connectivity index (χ1v) is 5.99. The molecular formula is C15H10FN3O. The predicted molar refractivity (Wildman–Crippen MR) is 73.9 cm³/mol. The Labute approximate surface area is 114 Å². The number of nitrogens with zero attached hydrogens (tertiary/aromatic N) is 2. The van der Waals surface area contributed by atoms with E-state index in [1.54, 1.807) is 36.7 Å². The Kier molecular flexibility index (Phi) is 3.09. The molecule has 3 aromatic rings. The predicted octanol–water partition coefficient (Wildman–Crippen LogP) is 3.02. The second kappa shape index (κ2) is 5.05. The van der Waals surface area contributed by atoms with E-state index in [2.05, 4.69) is 15.3 Å². The standard InChI is InChI=1S/C15H10FN3O/c16-12-2-1-10-7-11(9-18-14(10)8-12)15(20)19-13-3-5-17-6-4-13/h1-9H,(H,17,19,20). The average Bonchev–Trinajstić information content (AvgIpc) is 2.47. The fourth-order valence-electron chi connectivity index (χ4n) is 1.86. The summed E-state index contributed by atoms with van der Waals surface area (Å²) in [4.78, 5) is 20.0. The number of fused-ring (bicyclic) bond motifs is 1. The third-order valence-corrected chi connectivity index (χ3v) is 2.85. The van der Waals surface area contributed by atoms with Crippen LogP contribution in [0.3, 0.4) is 0 Å². The molecule has 5 heteroatoms. The summed E-state index contributed by atoms with van der Waals surface area (Å²) in [7, 11) is 0. The molecule has 0 aliphatic rings. The van der Waals surface area contributed by atoms with Crippen molar-refractivity contribution < 1.29 is 9.18 Å². The van der Waals surface area contributed by atoms with Crippen molar-refractivity contribution in [3.8, 4) is 0 Å². The van der Waals surface area contributed by atoms with Gasteiger partial charge in [-0.05, 0) is 30.3 Å². The molecule has 1 amide bonds. The van der Waals surface area contributed by atoms with Gasteiger partial charge in [0.2, 0.25) is 0 Å². The Morgan fingerprint density at radius 3 is 2.70 bits per heavy atom. The van der Waals surface area contributed by atoms with Gasteiger partial charge in [0.05, 0.1) is 11.1 Å². The van der Waals surface area contributed by atoms with Crippen LogP contribution in [0.15, 0.2) is 55.0 Å². The van der Waals surface area contributed by atoms with Gasteiger partial charge in [-0.15, -0.1) is 0 Å². The van der Waals surface area contributed by atoms with Gasteiger partial charge in [-0.2, -0.15) is 0 Å². The number of aromatic nitrogens is 2. The van der Waals surface area contributed by atoms with Crippen LogP contribution in [0, 0.1) is 5.82 Å². The molecule has 0 aliphatic carbocycles. The minimum absolute atomic E-state index is 0.269. The van der Waals surface area contributed by atoms with Crippen LogP contribution in [0.2, 0.25) is 0 Å². The molecular weight excluding hydrogens is 257 g/mol. The highest BCUT2D eigenvalue weighted by Gasteiger charge is 2.08. The zero-order valence-electron chi connectivity index (χ0n) is 10.4. The minimum atomic E-state index is -0.348. The second-order valence-electron chi connectivity index (χ2n) is 4.25. The number of anilines is 1. The van der Waals surface area contributed by atoms with E-state index >= 15 is 0 Å². The number of amides is 1. The van der Waals surface area contributed by atoms with Gasteiger partial charge in [0.15, 0.2) is 0 Å². The molecule has 1 N–H and O–H groups in total. The van der Waals surface area contributed by atoms with Gasteiger partial charge < -0.3 is 5.32 Å². The van der Waals surface area contributed by atoms with Crippen LogP contribution in [0.5, 0.6) is 0 Å². The van der Waals surface area contributed by atoms with Crippen LogP contribution in [-0.4, -0.2) is 15.9 Å². The molecule has 0 spiro atoms. The fraction of sp³-hybridized carbons (Fsp3) is 0. The number of rotatable bonds is 2. The van der Waals surface area contributed by atoms with Crippen LogP contribution in [0.4, 0.5) is 10.1 Å². The summed E-state index contributed by atoms with van der Waals surface area (Å²) in [6, 6.07) is 9.34. The SMILES string of the molecule is O=C(Nc1ccncc1)c1cnc2cc(F)ccc2c1. The van der Waals surface area contributed by atoms with E-state index in [1.165, 1.54) is 18.3 Å². The molecule has 20 heavy (non-hydrogen) atoms. The van der Waals surface area contributed by atoms with Gasteiger partial charge >= 0.3 is 0 Å². The number of pyridine rings is 2. The highest BCUT2D eigenvalue weighted by Crippen LogP contribution is 2.15. The number of carbonyl (C=O) groups is 1. The molecule has 0 aliphatic heterocycles. The highest BCUT2D eigenvalue weighted by atomic mass is 19.1. The monoisotopic (exact) mass is 267 g/mol. The summed E-state index contributed by atoms with van der Waals surface area (Å²) in [5.41, 5.74) is 1.59. The number of hydrogen-bond donors (Lipinski definition) is 1. The molecule has 0 fully saturated rings.